The monoisotopic (exact) mass is 345 g/mol. The van der Waals surface area contributed by atoms with Crippen LogP contribution < -0.4 is 0 Å². The Hall–Kier alpha value is -0.580. The van der Waals surface area contributed by atoms with Gasteiger partial charge in [0.05, 0.1) is 10.7 Å². The standard InChI is InChI=1S/C13H13BrClNOS/c1-7(2)5-11-12(16-13(14)18-11)8-3-4-10(17)9(15)6-8/h3-4,6-7,17H,5H2,1-2H3. The zero-order valence-electron chi connectivity index (χ0n) is 10.1. The second kappa shape index (κ2) is 5.59. The molecule has 0 saturated heterocycles. The second-order valence-electron chi connectivity index (χ2n) is 4.50. The number of hydrogen-bond acceptors (Lipinski definition) is 3. The average Bonchev–Trinajstić information content (AvgIpc) is 2.62. The Morgan fingerprint density at radius 2 is 2.17 bits per heavy atom. The molecule has 1 aromatic heterocycles. The molecule has 5 heteroatoms. The predicted octanol–water partition coefficient (Wildman–Crippen LogP) is 5.13. The molecule has 0 amide bonds. The molecule has 2 rings (SSSR count). The summed E-state index contributed by atoms with van der Waals surface area (Å²) < 4.78 is 0.873. The molecule has 1 N–H and O–H groups in total. The summed E-state index contributed by atoms with van der Waals surface area (Å²) in [5.41, 5.74) is 1.89. The van der Waals surface area contributed by atoms with Crippen molar-refractivity contribution in [1.82, 2.24) is 4.98 Å². The van der Waals surface area contributed by atoms with E-state index in [-0.39, 0.29) is 5.75 Å². The summed E-state index contributed by atoms with van der Waals surface area (Å²) in [7, 11) is 0. The zero-order chi connectivity index (χ0) is 13.3. The van der Waals surface area contributed by atoms with Crippen molar-refractivity contribution < 1.29 is 5.11 Å². The van der Waals surface area contributed by atoms with E-state index in [0.29, 0.717) is 10.9 Å². The molecule has 96 valence electrons. The van der Waals surface area contributed by atoms with Crippen molar-refractivity contribution in [3.63, 3.8) is 0 Å². The number of rotatable bonds is 3. The van der Waals surface area contributed by atoms with Crippen LogP contribution in [0.5, 0.6) is 5.75 Å². The molecule has 0 fully saturated rings. The van der Waals surface area contributed by atoms with Gasteiger partial charge in [-0.3, -0.25) is 0 Å². The van der Waals surface area contributed by atoms with Gasteiger partial charge < -0.3 is 5.11 Å². The minimum Gasteiger partial charge on any atom is -0.506 e. The maximum absolute atomic E-state index is 9.45. The number of benzene rings is 1. The highest BCUT2D eigenvalue weighted by atomic mass is 79.9. The van der Waals surface area contributed by atoms with Gasteiger partial charge in [-0.05, 0) is 46.5 Å². The van der Waals surface area contributed by atoms with Crippen LogP contribution in [0.3, 0.4) is 0 Å². The molecular formula is C13H13BrClNOS. The summed E-state index contributed by atoms with van der Waals surface area (Å²) in [6.07, 6.45) is 0.983. The minimum atomic E-state index is 0.0973. The van der Waals surface area contributed by atoms with Gasteiger partial charge in [0, 0.05) is 10.4 Å². The SMILES string of the molecule is CC(C)Cc1sc(Br)nc1-c1ccc(O)c(Cl)c1. The molecular weight excluding hydrogens is 334 g/mol. The van der Waals surface area contributed by atoms with E-state index in [2.05, 4.69) is 34.8 Å². The third kappa shape index (κ3) is 3.05. The summed E-state index contributed by atoms with van der Waals surface area (Å²) >= 11 is 11.0. The lowest BCUT2D eigenvalue weighted by Gasteiger charge is -2.06. The lowest BCUT2D eigenvalue weighted by atomic mass is 10.0. The van der Waals surface area contributed by atoms with Gasteiger partial charge in [-0.2, -0.15) is 0 Å². The molecule has 0 spiro atoms. The summed E-state index contributed by atoms with van der Waals surface area (Å²) in [5, 5.41) is 9.81. The van der Waals surface area contributed by atoms with Gasteiger partial charge in [-0.1, -0.05) is 25.4 Å². The van der Waals surface area contributed by atoms with E-state index < -0.39 is 0 Å². The molecule has 1 aromatic carbocycles. The molecule has 1 heterocycles. The highest BCUT2D eigenvalue weighted by molar-refractivity contribution is 9.11. The van der Waals surface area contributed by atoms with Gasteiger partial charge in [-0.15, -0.1) is 11.3 Å². The van der Waals surface area contributed by atoms with E-state index in [1.54, 1.807) is 23.5 Å². The Kier molecular flexibility index (Phi) is 4.30. The predicted molar refractivity (Wildman–Crippen MR) is 80.5 cm³/mol. The third-order valence-corrected chi connectivity index (χ3v) is 4.32. The normalized spacial score (nSPS) is 11.2. The summed E-state index contributed by atoms with van der Waals surface area (Å²) in [6, 6.07) is 5.19. The number of thiazole rings is 1. The fraction of sp³-hybridized carbons (Fsp3) is 0.308. The van der Waals surface area contributed by atoms with Crippen molar-refractivity contribution >= 4 is 38.9 Å². The van der Waals surface area contributed by atoms with Crippen molar-refractivity contribution in [1.29, 1.82) is 0 Å². The molecule has 2 nitrogen and oxygen atoms in total. The summed E-state index contributed by atoms with van der Waals surface area (Å²) in [6.45, 7) is 4.36. The highest BCUT2D eigenvalue weighted by Gasteiger charge is 2.14. The Bertz CT molecular complexity index is 568. The first-order chi connectivity index (χ1) is 8.47. The van der Waals surface area contributed by atoms with Crippen molar-refractivity contribution in [3.05, 3.63) is 32.0 Å². The van der Waals surface area contributed by atoms with Gasteiger partial charge in [0.25, 0.3) is 0 Å². The van der Waals surface area contributed by atoms with Crippen molar-refractivity contribution in [2.24, 2.45) is 5.92 Å². The first-order valence-electron chi connectivity index (χ1n) is 5.61. The van der Waals surface area contributed by atoms with E-state index in [9.17, 15) is 5.11 Å². The quantitative estimate of drug-likeness (QED) is 0.835. The number of phenolic OH excluding ortho intramolecular Hbond substituents is 1. The Morgan fingerprint density at radius 1 is 1.44 bits per heavy atom. The van der Waals surface area contributed by atoms with E-state index in [1.807, 2.05) is 6.07 Å². The van der Waals surface area contributed by atoms with Crippen LogP contribution >= 0.6 is 38.9 Å². The molecule has 2 aromatic rings. The average molecular weight is 347 g/mol. The van der Waals surface area contributed by atoms with Crippen molar-refractivity contribution in [2.45, 2.75) is 20.3 Å². The fourth-order valence-electron chi connectivity index (χ4n) is 1.71. The number of hydrogen-bond donors (Lipinski definition) is 1. The molecule has 0 aliphatic heterocycles. The summed E-state index contributed by atoms with van der Waals surface area (Å²) in [5.74, 6) is 0.670. The lowest BCUT2D eigenvalue weighted by molar-refractivity contribution is 0.475. The Balaban J connectivity index is 2.45. The van der Waals surface area contributed by atoms with E-state index in [4.69, 9.17) is 11.6 Å². The maximum atomic E-state index is 9.45. The number of aromatic hydroxyl groups is 1. The van der Waals surface area contributed by atoms with Crippen LogP contribution in [0.1, 0.15) is 18.7 Å². The van der Waals surface area contributed by atoms with Crippen LogP contribution in [0.2, 0.25) is 5.02 Å². The number of phenols is 1. The zero-order valence-corrected chi connectivity index (χ0v) is 13.2. The van der Waals surface area contributed by atoms with Crippen LogP contribution in [-0.2, 0) is 6.42 Å². The van der Waals surface area contributed by atoms with Gasteiger partial charge >= 0.3 is 0 Å². The van der Waals surface area contributed by atoms with E-state index in [0.717, 1.165) is 21.6 Å². The van der Waals surface area contributed by atoms with Crippen LogP contribution in [0.4, 0.5) is 0 Å². The van der Waals surface area contributed by atoms with E-state index >= 15 is 0 Å². The van der Waals surface area contributed by atoms with Gasteiger partial charge in [0.15, 0.2) is 3.92 Å². The third-order valence-electron chi connectivity index (χ3n) is 2.49. The second-order valence-corrected chi connectivity index (χ2v) is 7.27. The van der Waals surface area contributed by atoms with Crippen LogP contribution in [0.15, 0.2) is 22.1 Å². The molecule has 0 aliphatic rings. The topological polar surface area (TPSA) is 33.1 Å². The minimum absolute atomic E-state index is 0.0973. The first kappa shape index (κ1) is 13.8. The molecule has 0 atom stereocenters. The van der Waals surface area contributed by atoms with Crippen LogP contribution in [0, 0.1) is 5.92 Å². The molecule has 0 saturated carbocycles. The Labute approximate surface area is 124 Å². The number of halogens is 2. The van der Waals surface area contributed by atoms with Crippen LogP contribution in [0.25, 0.3) is 11.3 Å². The molecule has 0 radical (unpaired) electrons. The summed E-state index contributed by atoms with van der Waals surface area (Å²) in [4.78, 5) is 5.73. The number of nitrogens with zero attached hydrogens (tertiary/aromatic N) is 1. The molecule has 0 unspecified atom stereocenters. The van der Waals surface area contributed by atoms with Gasteiger partial charge in [-0.25, -0.2) is 4.98 Å². The smallest absolute Gasteiger partial charge is 0.160 e. The van der Waals surface area contributed by atoms with Crippen molar-refractivity contribution in [3.8, 4) is 17.0 Å². The molecule has 0 bridgehead atoms. The Morgan fingerprint density at radius 3 is 2.78 bits per heavy atom. The van der Waals surface area contributed by atoms with Gasteiger partial charge in [0.1, 0.15) is 5.75 Å². The fourth-order valence-corrected chi connectivity index (χ4v) is 3.67. The maximum Gasteiger partial charge on any atom is 0.160 e. The lowest BCUT2D eigenvalue weighted by Crippen LogP contribution is -1.93. The largest absolute Gasteiger partial charge is 0.506 e. The van der Waals surface area contributed by atoms with E-state index in [1.165, 1.54) is 4.88 Å². The highest BCUT2D eigenvalue weighted by Crippen LogP contribution is 2.35. The molecule has 0 aliphatic carbocycles. The van der Waals surface area contributed by atoms with Crippen LogP contribution in [-0.4, -0.2) is 10.1 Å². The number of aromatic nitrogens is 1. The first-order valence-corrected chi connectivity index (χ1v) is 7.60. The molecule has 18 heavy (non-hydrogen) atoms. The van der Waals surface area contributed by atoms with Gasteiger partial charge in [0.2, 0.25) is 0 Å². The van der Waals surface area contributed by atoms with Crippen molar-refractivity contribution in [2.75, 3.05) is 0 Å².